The highest BCUT2D eigenvalue weighted by Gasteiger charge is 2.05. The Balaban J connectivity index is 2.70. The summed E-state index contributed by atoms with van der Waals surface area (Å²) in [6, 6.07) is 7.16. The highest BCUT2D eigenvalue weighted by atomic mass is 16.2. The zero-order chi connectivity index (χ0) is 11.1. The van der Waals surface area contributed by atoms with Crippen LogP contribution in [0.3, 0.4) is 0 Å². The van der Waals surface area contributed by atoms with Crippen LogP contribution in [0.15, 0.2) is 40.1 Å². The van der Waals surface area contributed by atoms with Crippen LogP contribution in [0.25, 0.3) is 21.8 Å². The highest BCUT2D eigenvalue weighted by Crippen LogP contribution is 2.17. The molecule has 0 fully saturated rings. The van der Waals surface area contributed by atoms with Gasteiger partial charge in [0.25, 0.3) is 5.56 Å². The molecule has 5 heteroatoms. The number of nitrogens with zero attached hydrogens (tertiary/aromatic N) is 1. The molecular weight excluding hydrogens is 206 g/mol. The van der Waals surface area contributed by atoms with Crippen LogP contribution in [-0.2, 0) is 0 Å². The molecular formula is C11H7N3O2. The van der Waals surface area contributed by atoms with Crippen LogP contribution in [0.2, 0.25) is 0 Å². The standard InChI is InChI=1S/C11H7N3O2/c15-10-7-4-3-6-2-1-5-12-8(6)9(7)13-11(16)14-10/h1-5H,(H2,13,14,15,16). The Hall–Kier alpha value is -2.43. The van der Waals surface area contributed by atoms with Crippen LogP contribution in [0, 0.1) is 0 Å². The van der Waals surface area contributed by atoms with Crippen molar-refractivity contribution in [3.05, 3.63) is 51.3 Å². The predicted molar refractivity (Wildman–Crippen MR) is 60.5 cm³/mol. The Labute approximate surface area is 88.8 Å². The lowest BCUT2D eigenvalue weighted by molar-refractivity contribution is 1.08. The second kappa shape index (κ2) is 3.03. The Morgan fingerprint density at radius 2 is 1.94 bits per heavy atom. The monoisotopic (exact) mass is 213 g/mol. The highest BCUT2D eigenvalue weighted by molar-refractivity contribution is 6.01. The molecule has 0 radical (unpaired) electrons. The van der Waals surface area contributed by atoms with E-state index in [1.165, 1.54) is 0 Å². The van der Waals surface area contributed by atoms with Crippen LogP contribution < -0.4 is 11.2 Å². The van der Waals surface area contributed by atoms with E-state index >= 15 is 0 Å². The summed E-state index contributed by atoms with van der Waals surface area (Å²) < 4.78 is 0. The summed E-state index contributed by atoms with van der Waals surface area (Å²) in [5, 5.41) is 1.32. The first-order valence-corrected chi connectivity index (χ1v) is 4.76. The minimum absolute atomic E-state index is 0.397. The molecule has 0 aliphatic rings. The normalized spacial score (nSPS) is 11.0. The smallest absolute Gasteiger partial charge is 0.305 e. The molecule has 78 valence electrons. The average molecular weight is 213 g/mol. The van der Waals surface area contributed by atoms with Gasteiger partial charge in [0.15, 0.2) is 0 Å². The fraction of sp³-hybridized carbons (Fsp3) is 0. The third-order valence-corrected chi connectivity index (χ3v) is 2.48. The zero-order valence-corrected chi connectivity index (χ0v) is 8.15. The van der Waals surface area contributed by atoms with Gasteiger partial charge in [-0.05, 0) is 12.1 Å². The van der Waals surface area contributed by atoms with Crippen LogP contribution in [0.5, 0.6) is 0 Å². The van der Waals surface area contributed by atoms with E-state index < -0.39 is 11.2 Å². The molecule has 2 N–H and O–H groups in total. The zero-order valence-electron chi connectivity index (χ0n) is 8.15. The average Bonchev–Trinajstić information content (AvgIpc) is 2.28. The van der Waals surface area contributed by atoms with Crippen molar-refractivity contribution in [3.8, 4) is 0 Å². The lowest BCUT2D eigenvalue weighted by atomic mass is 10.1. The summed E-state index contributed by atoms with van der Waals surface area (Å²) in [5.41, 5.74) is 0.192. The second-order valence-electron chi connectivity index (χ2n) is 3.47. The fourth-order valence-corrected chi connectivity index (χ4v) is 1.78. The largest absolute Gasteiger partial charge is 0.326 e. The minimum Gasteiger partial charge on any atom is -0.305 e. The van der Waals surface area contributed by atoms with Crippen LogP contribution >= 0.6 is 0 Å². The minimum atomic E-state index is -0.518. The first-order chi connectivity index (χ1) is 7.75. The molecule has 3 rings (SSSR count). The number of hydrogen-bond acceptors (Lipinski definition) is 3. The van der Waals surface area contributed by atoms with Gasteiger partial charge in [0.1, 0.15) is 0 Å². The van der Waals surface area contributed by atoms with Gasteiger partial charge in [-0.2, -0.15) is 0 Å². The van der Waals surface area contributed by atoms with Crippen molar-refractivity contribution in [2.75, 3.05) is 0 Å². The van der Waals surface area contributed by atoms with Gasteiger partial charge in [0, 0.05) is 11.6 Å². The van der Waals surface area contributed by atoms with Crippen molar-refractivity contribution in [3.63, 3.8) is 0 Å². The van der Waals surface area contributed by atoms with Crippen molar-refractivity contribution in [2.45, 2.75) is 0 Å². The first-order valence-electron chi connectivity index (χ1n) is 4.76. The number of pyridine rings is 1. The molecule has 0 saturated heterocycles. The van der Waals surface area contributed by atoms with E-state index in [0.717, 1.165) is 5.39 Å². The number of fused-ring (bicyclic) bond motifs is 3. The SMILES string of the molecule is O=c1[nH]c(=O)c2ccc3cccnc3c2[nH]1. The summed E-state index contributed by atoms with van der Waals surface area (Å²) in [6.45, 7) is 0. The van der Waals surface area contributed by atoms with Crippen molar-refractivity contribution >= 4 is 21.8 Å². The van der Waals surface area contributed by atoms with Gasteiger partial charge in [0.05, 0.1) is 16.4 Å². The quantitative estimate of drug-likeness (QED) is 0.541. The molecule has 0 aliphatic carbocycles. The third-order valence-electron chi connectivity index (χ3n) is 2.48. The Morgan fingerprint density at radius 1 is 1.06 bits per heavy atom. The maximum atomic E-state index is 11.5. The lowest BCUT2D eigenvalue weighted by Crippen LogP contribution is -2.21. The number of hydrogen-bond donors (Lipinski definition) is 2. The number of nitrogens with one attached hydrogen (secondary N) is 2. The molecule has 3 aromatic rings. The molecule has 1 aromatic carbocycles. The Kier molecular flexibility index (Phi) is 1.67. The molecule has 2 heterocycles. The third kappa shape index (κ3) is 1.15. The molecule has 16 heavy (non-hydrogen) atoms. The van der Waals surface area contributed by atoms with Crippen LogP contribution in [-0.4, -0.2) is 15.0 Å². The van der Waals surface area contributed by atoms with E-state index in [0.29, 0.717) is 16.4 Å². The van der Waals surface area contributed by atoms with E-state index in [1.54, 1.807) is 24.4 Å². The number of aromatic amines is 2. The molecule has 0 saturated carbocycles. The van der Waals surface area contributed by atoms with Crippen molar-refractivity contribution in [1.29, 1.82) is 0 Å². The Morgan fingerprint density at radius 3 is 2.81 bits per heavy atom. The van der Waals surface area contributed by atoms with Gasteiger partial charge in [-0.25, -0.2) is 4.79 Å². The van der Waals surface area contributed by atoms with Gasteiger partial charge in [-0.1, -0.05) is 12.1 Å². The lowest BCUT2D eigenvalue weighted by Gasteiger charge is -2.00. The predicted octanol–water partition coefficient (Wildman–Crippen LogP) is 0.765. The maximum Gasteiger partial charge on any atom is 0.326 e. The summed E-state index contributed by atoms with van der Waals surface area (Å²) >= 11 is 0. The number of benzene rings is 1. The number of aromatic nitrogens is 3. The second-order valence-corrected chi connectivity index (χ2v) is 3.47. The molecule has 2 aromatic heterocycles. The summed E-state index contributed by atoms with van der Waals surface area (Å²) in [4.78, 5) is 31.7. The van der Waals surface area contributed by atoms with Gasteiger partial charge < -0.3 is 4.98 Å². The Bertz CT molecular complexity index is 801. The van der Waals surface area contributed by atoms with Crippen LogP contribution in [0.1, 0.15) is 0 Å². The molecule has 0 unspecified atom stereocenters. The summed E-state index contributed by atoms with van der Waals surface area (Å²) in [5.74, 6) is 0. The maximum absolute atomic E-state index is 11.5. The summed E-state index contributed by atoms with van der Waals surface area (Å²) in [7, 11) is 0. The van der Waals surface area contributed by atoms with Gasteiger partial charge in [-0.15, -0.1) is 0 Å². The van der Waals surface area contributed by atoms with E-state index in [4.69, 9.17) is 0 Å². The van der Waals surface area contributed by atoms with Gasteiger partial charge in [0.2, 0.25) is 0 Å². The van der Waals surface area contributed by atoms with E-state index in [-0.39, 0.29) is 0 Å². The summed E-state index contributed by atoms with van der Waals surface area (Å²) in [6.07, 6.45) is 1.63. The first kappa shape index (κ1) is 8.84. The molecule has 0 amide bonds. The van der Waals surface area contributed by atoms with Crippen molar-refractivity contribution in [2.24, 2.45) is 0 Å². The molecule has 0 aliphatic heterocycles. The van der Waals surface area contributed by atoms with Crippen molar-refractivity contribution in [1.82, 2.24) is 15.0 Å². The number of rotatable bonds is 0. The molecule has 0 atom stereocenters. The van der Waals surface area contributed by atoms with E-state index in [1.807, 2.05) is 6.07 Å². The molecule has 0 bridgehead atoms. The molecule has 0 spiro atoms. The van der Waals surface area contributed by atoms with Crippen LogP contribution in [0.4, 0.5) is 0 Å². The van der Waals surface area contributed by atoms with Gasteiger partial charge in [-0.3, -0.25) is 14.8 Å². The van der Waals surface area contributed by atoms with E-state index in [9.17, 15) is 9.59 Å². The number of H-pyrrole nitrogens is 2. The van der Waals surface area contributed by atoms with Gasteiger partial charge >= 0.3 is 5.69 Å². The van der Waals surface area contributed by atoms with E-state index in [2.05, 4.69) is 15.0 Å². The topological polar surface area (TPSA) is 78.6 Å². The fourth-order valence-electron chi connectivity index (χ4n) is 1.78. The van der Waals surface area contributed by atoms with Crippen molar-refractivity contribution < 1.29 is 0 Å². The molecule has 5 nitrogen and oxygen atoms in total.